The first-order valence-electron chi connectivity index (χ1n) is 4.08. The van der Waals surface area contributed by atoms with Crippen LogP contribution in [0.1, 0.15) is 26.2 Å². The van der Waals surface area contributed by atoms with Crippen LogP contribution < -0.4 is 0 Å². The van der Waals surface area contributed by atoms with Crippen LogP contribution in [0, 0.1) is 5.92 Å². The minimum absolute atomic E-state index is 0.163. The number of hydrogen-bond donors (Lipinski definition) is 2. The summed E-state index contributed by atoms with van der Waals surface area (Å²) in [6, 6.07) is 0. The van der Waals surface area contributed by atoms with Crippen LogP contribution in [0.5, 0.6) is 0 Å². The van der Waals surface area contributed by atoms with Crippen molar-refractivity contribution < 1.29 is 15.0 Å². The standard InChI is InChI=1S/C9H16O3/c1-3-7(2)4-5-8(10)6-9(11)12/h3,7-8,10H,1,4-6H2,2H3,(H,11,12)/t7-,8-/m1/s1. The highest BCUT2D eigenvalue weighted by Crippen LogP contribution is 2.10. The SMILES string of the molecule is C=C[C@@H](C)CC[C@@H](O)CC(=O)O. The van der Waals surface area contributed by atoms with E-state index in [9.17, 15) is 4.79 Å². The fourth-order valence-electron chi connectivity index (χ4n) is 0.877. The van der Waals surface area contributed by atoms with E-state index in [1.807, 2.05) is 6.92 Å². The lowest BCUT2D eigenvalue weighted by Crippen LogP contribution is -2.13. The summed E-state index contributed by atoms with van der Waals surface area (Å²) >= 11 is 0. The number of carboxylic acids is 1. The summed E-state index contributed by atoms with van der Waals surface area (Å²) < 4.78 is 0. The molecule has 0 aromatic carbocycles. The quantitative estimate of drug-likeness (QED) is 0.596. The molecule has 0 bridgehead atoms. The maximum atomic E-state index is 10.1. The Hall–Kier alpha value is -0.830. The number of aliphatic carboxylic acids is 1. The van der Waals surface area contributed by atoms with Crippen LogP contribution in [0.15, 0.2) is 12.7 Å². The fourth-order valence-corrected chi connectivity index (χ4v) is 0.877. The second kappa shape index (κ2) is 5.77. The van der Waals surface area contributed by atoms with Crippen molar-refractivity contribution in [3.8, 4) is 0 Å². The van der Waals surface area contributed by atoms with Crippen LogP contribution >= 0.6 is 0 Å². The lowest BCUT2D eigenvalue weighted by atomic mass is 10.0. The van der Waals surface area contributed by atoms with E-state index in [1.165, 1.54) is 0 Å². The first-order valence-corrected chi connectivity index (χ1v) is 4.08. The van der Waals surface area contributed by atoms with Gasteiger partial charge in [-0.25, -0.2) is 0 Å². The van der Waals surface area contributed by atoms with Crippen LogP contribution in [-0.4, -0.2) is 22.3 Å². The molecular formula is C9H16O3. The van der Waals surface area contributed by atoms with Gasteiger partial charge in [0.05, 0.1) is 12.5 Å². The normalized spacial score (nSPS) is 15.2. The Morgan fingerprint density at radius 1 is 1.58 bits per heavy atom. The summed E-state index contributed by atoms with van der Waals surface area (Å²) in [7, 11) is 0. The molecule has 0 aliphatic carbocycles. The van der Waals surface area contributed by atoms with Crippen LogP contribution in [-0.2, 0) is 4.79 Å². The Bertz CT molecular complexity index is 154. The lowest BCUT2D eigenvalue weighted by Gasteiger charge is -2.09. The number of allylic oxidation sites excluding steroid dienone is 1. The minimum atomic E-state index is -0.950. The summed E-state index contributed by atoms with van der Waals surface area (Å²) in [6.07, 6.45) is 2.24. The molecule has 0 aromatic rings. The van der Waals surface area contributed by atoms with Gasteiger partial charge in [-0.2, -0.15) is 0 Å². The van der Waals surface area contributed by atoms with E-state index in [1.54, 1.807) is 6.08 Å². The maximum Gasteiger partial charge on any atom is 0.305 e. The summed E-state index contributed by atoms with van der Waals surface area (Å²) in [5.41, 5.74) is 0. The van der Waals surface area contributed by atoms with Crippen molar-refractivity contribution in [2.24, 2.45) is 5.92 Å². The predicted octanol–water partition coefficient (Wildman–Crippen LogP) is 1.42. The van der Waals surface area contributed by atoms with Crippen LogP contribution in [0.25, 0.3) is 0 Å². The van der Waals surface area contributed by atoms with Gasteiger partial charge in [-0.3, -0.25) is 4.79 Å². The molecule has 0 aliphatic rings. The molecule has 2 atom stereocenters. The van der Waals surface area contributed by atoms with Crippen molar-refractivity contribution in [3.05, 3.63) is 12.7 Å². The zero-order chi connectivity index (χ0) is 9.56. The monoisotopic (exact) mass is 172 g/mol. The molecule has 0 radical (unpaired) electrons. The minimum Gasteiger partial charge on any atom is -0.481 e. The molecule has 2 N–H and O–H groups in total. The van der Waals surface area contributed by atoms with Gasteiger partial charge < -0.3 is 10.2 Å². The summed E-state index contributed by atoms with van der Waals surface area (Å²) in [4.78, 5) is 10.1. The maximum absolute atomic E-state index is 10.1. The molecule has 0 aliphatic heterocycles. The molecule has 0 saturated heterocycles. The van der Waals surface area contributed by atoms with Gasteiger partial charge in [-0.1, -0.05) is 13.0 Å². The topological polar surface area (TPSA) is 57.5 Å². The molecule has 3 nitrogen and oxygen atoms in total. The third kappa shape index (κ3) is 5.92. The van der Waals surface area contributed by atoms with E-state index in [-0.39, 0.29) is 6.42 Å². The predicted molar refractivity (Wildman–Crippen MR) is 46.9 cm³/mol. The van der Waals surface area contributed by atoms with E-state index in [2.05, 4.69) is 6.58 Å². The van der Waals surface area contributed by atoms with E-state index < -0.39 is 12.1 Å². The molecule has 0 fully saturated rings. The zero-order valence-electron chi connectivity index (χ0n) is 7.36. The average Bonchev–Trinajstić information content (AvgIpc) is 1.99. The molecule has 70 valence electrons. The average molecular weight is 172 g/mol. The first-order chi connectivity index (χ1) is 5.56. The highest BCUT2D eigenvalue weighted by Gasteiger charge is 2.09. The van der Waals surface area contributed by atoms with E-state index in [0.29, 0.717) is 12.3 Å². The summed E-state index contributed by atoms with van der Waals surface area (Å²) in [5.74, 6) is -0.609. The Balaban J connectivity index is 3.49. The number of aliphatic hydroxyl groups excluding tert-OH is 1. The number of rotatable bonds is 6. The van der Waals surface area contributed by atoms with E-state index >= 15 is 0 Å². The largest absolute Gasteiger partial charge is 0.481 e. The molecule has 0 unspecified atom stereocenters. The third-order valence-electron chi connectivity index (χ3n) is 1.77. The Kier molecular flexibility index (Phi) is 5.37. The molecular weight excluding hydrogens is 156 g/mol. The second-order valence-electron chi connectivity index (χ2n) is 3.04. The molecule has 0 amide bonds. The van der Waals surface area contributed by atoms with Crippen LogP contribution in [0.4, 0.5) is 0 Å². The van der Waals surface area contributed by atoms with Gasteiger partial charge in [0.25, 0.3) is 0 Å². The van der Waals surface area contributed by atoms with Gasteiger partial charge in [0.1, 0.15) is 0 Å². The Labute approximate surface area is 72.7 Å². The highest BCUT2D eigenvalue weighted by atomic mass is 16.4. The van der Waals surface area contributed by atoms with E-state index in [0.717, 1.165) is 6.42 Å². The lowest BCUT2D eigenvalue weighted by molar-refractivity contribution is -0.139. The smallest absolute Gasteiger partial charge is 0.305 e. The number of carbonyl (C=O) groups is 1. The highest BCUT2D eigenvalue weighted by molar-refractivity contribution is 5.67. The van der Waals surface area contributed by atoms with Gasteiger partial charge in [0.15, 0.2) is 0 Å². The van der Waals surface area contributed by atoms with Crippen molar-refractivity contribution in [1.29, 1.82) is 0 Å². The van der Waals surface area contributed by atoms with Gasteiger partial charge >= 0.3 is 5.97 Å². The molecule has 0 rings (SSSR count). The number of carboxylic acid groups (broad SMARTS) is 1. The fraction of sp³-hybridized carbons (Fsp3) is 0.667. The van der Waals surface area contributed by atoms with Gasteiger partial charge in [0.2, 0.25) is 0 Å². The van der Waals surface area contributed by atoms with Gasteiger partial charge in [-0.05, 0) is 18.8 Å². The van der Waals surface area contributed by atoms with Crippen LogP contribution in [0.2, 0.25) is 0 Å². The van der Waals surface area contributed by atoms with Gasteiger partial charge in [0, 0.05) is 0 Å². The van der Waals surface area contributed by atoms with Crippen molar-refractivity contribution >= 4 is 5.97 Å². The van der Waals surface area contributed by atoms with Crippen molar-refractivity contribution in [3.63, 3.8) is 0 Å². The molecule has 0 saturated carbocycles. The van der Waals surface area contributed by atoms with Crippen molar-refractivity contribution in [2.75, 3.05) is 0 Å². The molecule has 0 heterocycles. The van der Waals surface area contributed by atoms with Crippen molar-refractivity contribution in [1.82, 2.24) is 0 Å². The van der Waals surface area contributed by atoms with E-state index in [4.69, 9.17) is 10.2 Å². The second-order valence-corrected chi connectivity index (χ2v) is 3.04. The van der Waals surface area contributed by atoms with Crippen molar-refractivity contribution in [2.45, 2.75) is 32.3 Å². The third-order valence-corrected chi connectivity index (χ3v) is 1.77. The summed E-state index contributed by atoms with van der Waals surface area (Å²) in [5, 5.41) is 17.5. The Morgan fingerprint density at radius 3 is 2.58 bits per heavy atom. The van der Waals surface area contributed by atoms with Gasteiger partial charge in [-0.15, -0.1) is 6.58 Å². The Morgan fingerprint density at radius 2 is 2.17 bits per heavy atom. The van der Waals surface area contributed by atoms with Crippen LogP contribution in [0.3, 0.4) is 0 Å². The molecule has 0 spiro atoms. The number of aliphatic hydroxyl groups is 1. The molecule has 3 heteroatoms. The first kappa shape index (κ1) is 11.2. The number of hydrogen-bond acceptors (Lipinski definition) is 2. The molecule has 0 aromatic heterocycles. The zero-order valence-corrected chi connectivity index (χ0v) is 7.36. The molecule has 12 heavy (non-hydrogen) atoms. The summed E-state index contributed by atoms with van der Waals surface area (Å²) in [6.45, 7) is 5.59.